The highest BCUT2D eigenvalue weighted by Crippen LogP contribution is 2.30. The number of rotatable bonds is 11. The van der Waals surface area contributed by atoms with E-state index in [1.165, 1.54) is 7.11 Å². The molecular weight excluding hydrogens is 435 g/mol. The predicted molar refractivity (Wildman–Crippen MR) is 127 cm³/mol. The van der Waals surface area contributed by atoms with E-state index in [0.717, 1.165) is 16.7 Å². The zero-order chi connectivity index (χ0) is 23.6. The Morgan fingerprint density at radius 3 is 1.65 bits per heavy atom. The van der Waals surface area contributed by atoms with Gasteiger partial charge in [-0.2, -0.15) is 0 Å². The van der Waals surface area contributed by atoms with Gasteiger partial charge in [-0.05, 0) is 16.7 Å². The molecule has 1 aliphatic heterocycles. The smallest absolute Gasteiger partial charge is 0.191 e. The van der Waals surface area contributed by atoms with Gasteiger partial charge < -0.3 is 23.7 Å². The van der Waals surface area contributed by atoms with Crippen LogP contribution in [0, 0.1) is 0 Å². The standard InChI is InChI=1S/C28H31FO5/c1-30-28-25(29)27(33-19-23-15-9-4-10-16-23)26(32-18-22-13-7-3-8-14-22)24(34-28)20-31-17-21-11-5-2-6-12-21/h2-16,24-28H,17-20H2,1H3/t24-,25-,26-,27-,28+/m1/s1. The van der Waals surface area contributed by atoms with Crippen LogP contribution in [0.5, 0.6) is 0 Å². The van der Waals surface area contributed by atoms with Crippen LogP contribution in [0.3, 0.4) is 0 Å². The summed E-state index contributed by atoms with van der Waals surface area (Å²) in [5, 5.41) is 0. The van der Waals surface area contributed by atoms with Crippen LogP contribution < -0.4 is 0 Å². The molecule has 34 heavy (non-hydrogen) atoms. The number of halogens is 1. The van der Waals surface area contributed by atoms with Crippen LogP contribution in [0.15, 0.2) is 91.0 Å². The molecule has 0 radical (unpaired) electrons. The molecule has 0 spiro atoms. The number of ether oxygens (including phenoxy) is 5. The van der Waals surface area contributed by atoms with Crippen molar-refractivity contribution in [2.24, 2.45) is 0 Å². The second kappa shape index (κ2) is 12.7. The second-order valence-corrected chi connectivity index (χ2v) is 8.25. The average molecular weight is 467 g/mol. The minimum atomic E-state index is -1.51. The van der Waals surface area contributed by atoms with E-state index in [-0.39, 0.29) is 13.2 Å². The molecule has 1 aliphatic rings. The van der Waals surface area contributed by atoms with Crippen LogP contribution in [0.2, 0.25) is 0 Å². The van der Waals surface area contributed by atoms with Gasteiger partial charge in [0.25, 0.3) is 0 Å². The molecule has 0 bridgehead atoms. The zero-order valence-electron chi connectivity index (χ0n) is 19.3. The Labute approximate surface area is 200 Å². The molecule has 3 aromatic carbocycles. The third-order valence-electron chi connectivity index (χ3n) is 5.77. The van der Waals surface area contributed by atoms with Crippen LogP contribution in [-0.2, 0) is 43.5 Å². The Morgan fingerprint density at radius 2 is 1.15 bits per heavy atom. The Hall–Kier alpha value is -2.61. The monoisotopic (exact) mass is 466 g/mol. The number of alkyl halides is 1. The molecule has 0 unspecified atom stereocenters. The summed E-state index contributed by atoms with van der Waals surface area (Å²) in [6, 6.07) is 29.3. The first-order valence-corrected chi connectivity index (χ1v) is 11.5. The third kappa shape index (κ3) is 6.72. The summed E-state index contributed by atoms with van der Waals surface area (Å²) < 4.78 is 45.0. The van der Waals surface area contributed by atoms with Crippen molar-refractivity contribution in [2.75, 3.05) is 13.7 Å². The van der Waals surface area contributed by atoms with E-state index in [4.69, 9.17) is 23.7 Å². The summed E-state index contributed by atoms with van der Waals surface area (Å²) >= 11 is 0. The molecule has 5 nitrogen and oxygen atoms in total. The molecule has 5 atom stereocenters. The van der Waals surface area contributed by atoms with Gasteiger partial charge in [0.15, 0.2) is 12.5 Å². The fourth-order valence-corrected chi connectivity index (χ4v) is 3.98. The number of methoxy groups -OCH3 is 1. The first-order chi connectivity index (χ1) is 16.7. The minimum absolute atomic E-state index is 0.214. The highest BCUT2D eigenvalue weighted by molar-refractivity contribution is 5.15. The lowest BCUT2D eigenvalue weighted by Crippen LogP contribution is -2.59. The highest BCUT2D eigenvalue weighted by Gasteiger charge is 2.48. The van der Waals surface area contributed by atoms with Crippen LogP contribution in [0.4, 0.5) is 4.39 Å². The van der Waals surface area contributed by atoms with Crippen molar-refractivity contribution in [3.05, 3.63) is 108 Å². The van der Waals surface area contributed by atoms with Crippen molar-refractivity contribution in [2.45, 2.75) is 50.6 Å². The van der Waals surface area contributed by atoms with Crippen LogP contribution in [-0.4, -0.2) is 44.5 Å². The molecule has 1 heterocycles. The van der Waals surface area contributed by atoms with Gasteiger partial charge in [-0.25, -0.2) is 4.39 Å². The van der Waals surface area contributed by atoms with E-state index in [1.54, 1.807) is 0 Å². The molecule has 1 fully saturated rings. The topological polar surface area (TPSA) is 46.2 Å². The van der Waals surface area contributed by atoms with Crippen molar-refractivity contribution in [3.8, 4) is 0 Å². The normalized spacial score (nSPS) is 24.7. The van der Waals surface area contributed by atoms with Gasteiger partial charge in [0.2, 0.25) is 0 Å². The van der Waals surface area contributed by atoms with Crippen molar-refractivity contribution < 1.29 is 28.1 Å². The van der Waals surface area contributed by atoms with Gasteiger partial charge in [-0.3, -0.25) is 0 Å². The average Bonchev–Trinajstić information content (AvgIpc) is 2.89. The van der Waals surface area contributed by atoms with Crippen LogP contribution in [0.25, 0.3) is 0 Å². The van der Waals surface area contributed by atoms with Gasteiger partial charge in [0, 0.05) is 7.11 Å². The van der Waals surface area contributed by atoms with Crippen LogP contribution >= 0.6 is 0 Å². The van der Waals surface area contributed by atoms with E-state index in [0.29, 0.717) is 13.2 Å². The summed E-state index contributed by atoms with van der Waals surface area (Å²) in [5.74, 6) is 0. The Morgan fingerprint density at radius 1 is 0.676 bits per heavy atom. The number of hydrogen-bond donors (Lipinski definition) is 0. The molecule has 1 saturated heterocycles. The van der Waals surface area contributed by atoms with Gasteiger partial charge in [0.1, 0.15) is 18.3 Å². The molecule has 0 N–H and O–H groups in total. The maximum absolute atomic E-state index is 15.5. The highest BCUT2D eigenvalue weighted by atomic mass is 19.1. The predicted octanol–water partition coefficient (Wildman–Crippen LogP) is 5.08. The summed E-state index contributed by atoms with van der Waals surface area (Å²) in [4.78, 5) is 0. The molecule has 0 amide bonds. The van der Waals surface area contributed by atoms with Gasteiger partial charge in [-0.15, -0.1) is 0 Å². The van der Waals surface area contributed by atoms with E-state index in [2.05, 4.69) is 0 Å². The molecular formula is C28H31FO5. The first kappa shape index (κ1) is 24.5. The molecule has 180 valence electrons. The minimum Gasteiger partial charge on any atom is -0.374 e. The molecule has 0 aliphatic carbocycles. The summed E-state index contributed by atoms with van der Waals surface area (Å²) in [6.07, 6.45) is -4.71. The first-order valence-electron chi connectivity index (χ1n) is 11.5. The fraction of sp³-hybridized carbons (Fsp3) is 0.357. The SMILES string of the molecule is CO[C@H]1O[C@H](COCc2ccccc2)[C@@H](OCc2ccccc2)[C@H](OCc2ccccc2)[C@H]1F. The quantitative estimate of drug-likeness (QED) is 0.394. The molecule has 0 saturated carbocycles. The van der Waals surface area contributed by atoms with Crippen LogP contribution in [0.1, 0.15) is 16.7 Å². The Balaban J connectivity index is 1.48. The molecule has 3 aromatic rings. The van der Waals surface area contributed by atoms with Crippen molar-refractivity contribution in [1.82, 2.24) is 0 Å². The Kier molecular flexibility index (Phi) is 9.19. The summed E-state index contributed by atoms with van der Waals surface area (Å²) in [5.41, 5.74) is 2.98. The third-order valence-corrected chi connectivity index (χ3v) is 5.77. The number of benzene rings is 3. The zero-order valence-corrected chi connectivity index (χ0v) is 19.3. The number of hydrogen-bond acceptors (Lipinski definition) is 5. The lowest BCUT2D eigenvalue weighted by atomic mass is 9.99. The second-order valence-electron chi connectivity index (χ2n) is 8.25. The lowest BCUT2D eigenvalue weighted by molar-refractivity contribution is -0.300. The largest absolute Gasteiger partial charge is 0.374 e. The van der Waals surface area contributed by atoms with Crippen molar-refractivity contribution in [3.63, 3.8) is 0 Å². The van der Waals surface area contributed by atoms with Crippen molar-refractivity contribution in [1.29, 1.82) is 0 Å². The summed E-state index contributed by atoms with van der Waals surface area (Å²) in [6.45, 7) is 1.19. The maximum Gasteiger partial charge on any atom is 0.191 e. The summed E-state index contributed by atoms with van der Waals surface area (Å²) in [7, 11) is 1.43. The van der Waals surface area contributed by atoms with Gasteiger partial charge in [-0.1, -0.05) is 91.0 Å². The van der Waals surface area contributed by atoms with Gasteiger partial charge in [0.05, 0.1) is 26.4 Å². The maximum atomic E-state index is 15.5. The fourth-order valence-electron chi connectivity index (χ4n) is 3.98. The van der Waals surface area contributed by atoms with Crippen molar-refractivity contribution >= 4 is 0 Å². The van der Waals surface area contributed by atoms with E-state index < -0.39 is 30.8 Å². The van der Waals surface area contributed by atoms with E-state index in [9.17, 15) is 0 Å². The molecule has 0 aromatic heterocycles. The molecule has 6 heteroatoms. The van der Waals surface area contributed by atoms with Gasteiger partial charge >= 0.3 is 0 Å². The van der Waals surface area contributed by atoms with E-state index in [1.807, 2.05) is 91.0 Å². The lowest BCUT2D eigenvalue weighted by Gasteiger charge is -2.42. The Bertz CT molecular complexity index is 956. The molecule has 4 rings (SSSR count). The van der Waals surface area contributed by atoms with E-state index >= 15 is 4.39 Å².